The van der Waals surface area contributed by atoms with Crippen LogP contribution in [0.2, 0.25) is 0 Å². The number of hydrogen-bond donors (Lipinski definition) is 2. The number of rotatable bonds is 7. The topological polar surface area (TPSA) is 48.9 Å². The van der Waals surface area contributed by atoms with Crippen molar-refractivity contribution in [3.63, 3.8) is 0 Å². The van der Waals surface area contributed by atoms with Gasteiger partial charge >= 0.3 is 0 Å². The van der Waals surface area contributed by atoms with Gasteiger partial charge < -0.3 is 15.4 Å². The van der Waals surface area contributed by atoms with Crippen LogP contribution in [-0.4, -0.2) is 63.3 Å². The third kappa shape index (κ3) is 6.81. The number of nitrogens with zero attached hydrogens (tertiary/aromatic N) is 2. The maximum absolute atomic E-state index is 5.33. The van der Waals surface area contributed by atoms with Crippen LogP contribution in [0.4, 0.5) is 0 Å². The summed E-state index contributed by atoms with van der Waals surface area (Å²) >= 11 is 0. The van der Waals surface area contributed by atoms with Crippen LogP contribution in [-0.2, 0) is 4.74 Å². The largest absolute Gasteiger partial charge is 0.379 e. The van der Waals surface area contributed by atoms with E-state index in [9.17, 15) is 0 Å². The third-order valence-corrected chi connectivity index (χ3v) is 2.95. The molecule has 0 bridgehead atoms. The summed E-state index contributed by atoms with van der Waals surface area (Å²) in [4.78, 5) is 6.96. The monoisotopic (exact) mass is 256 g/mol. The molecule has 0 aliphatic carbocycles. The van der Waals surface area contributed by atoms with Crippen LogP contribution in [0, 0.1) is 0 Å². The Morgan fingerprint density at radius 3 is 2.67 bits per heavy atom. The normalized spacial score (nSPS) is 17.8. The first-order chi connectivity index (χ1) is 8.86. The molecule has 18 heavy (non-hydrogen) atoms. The molecule has 0 atom stereocenters. The molecule has 1 rings (SSSR count). The molecule has 1 aliphatic heterocycles. The summed E-state index contributed by atoms with van der Waals surface area (Å²) in [5, 5.41) is 6.66. The number of nitrogens with one attached hydrogen (secondary N) is 2. The first kappa shape index (κ1) is 15.2. The second-order valence-corrected chi connectivity index (χ2v) is 4.50. The number of unbranched alkanes of at least 4 members (excludes halogenated alkanes) is 1. The van der Waals surface area contributed by atoms with Crippen molar-refractivity contribution in [3.8, 4) is 0 Å². The smallest absolute Gasteiger partial charge is 0.191 e. The summed E-state index contributed by atoms with van der Waals surface area (Å²) in [6, 6.07) is 0. The minimum Gasteiger partial charge on any atom is -0.379 e. The highest BCUT2D eigenvalue weighted by Gasteiger charge is 2.09. The molecule has 0 amide bonds. The average Bonchev–Trinajstić information content (AvgIpc) is 2.40. The molecule has 1 aliphatic rings. The standard InChI is InChI=1S/C13H28N4O/c1-3-5-6-15-13(14-4-2)16-7-8-17-9-11-18-12-10-17/h3-12H2,1-2H3,(H2,14,15,16). The minimum absolute atomic E-state index is 0.866. The number of morpholine rings is 1. The highest BCUT2D eigenvalue weighted by molar-refractivity contribution is 5.79. The van der Waals surface area contributed by atoms with Gasteiger partial charge in [0.2, 0.25) is 0 Å². The molecular weight excluding hydrogens is 228 g/mol. The molecule has 0 radical (unpaired) electrons. The zero-order chi connectivity index (χ0) is 13.1. The Morgan fingerprint density at radius 1 is 1.22 bits per heavy atom. The molecule has 2 N–H and O–H groups in total. The van der Waals surface area contributed by atoms with Gasteiger partial charge in [0.05, 0.1) is 13.2 Å². The van der Waals surface area contributed by atoms with Crippen LogP contribution in [0.5, 0.6) is 0 Å². The average molecular weight is 256 g/mol. The summed E-state index contributed by atoms with van der Waals surface area (Å²) in [6.07, 6.45) is 2.34. The molecule has 0 saturated carbocycles. The van der Waals surface area contributed by atoms with Crippen LogP contribution < -0.4 is 10.6 Å². The molecule has 5 nitrogen and oxygen atoms in total. The summed E-state index contributed by atoms with van der Waals surface area (Å²) in [6.45, 7) is 11.9. The second kappa shape index (κ2) is 10.1. The molecule has 0 aromatic carbocycles. The van der Waals surface area contributed by atoms with E-state index in [4.69, 9.17) is 4.74 Å². The Kier molecular flexibility index (Phi) is 8.59. The van der Waals surface area contributed by atoms with E-state index < -0.39 is 0 Å². The van der Waals surface area contributed by atoms with Gasteiger partial charge in [-0.15, -0.1) is 0 Å². The van der Waals surface area contributed by atoms with Crippen molar-refractivity contribution < 1.29 is 4.74 Å². The van der Waals surface area contributed by atoms with E-state index in [2.05, 4.69) is 34.4 Å². The lowest BCUT2D eigenvalue weighted by Gasteiger charge is -2.26. The van der Waals surface area contributed by atoms with E-state index in [0.717, 1.165) is 64.9 Å². The van der Waals surface area contributed by atoms with E-state index >= 15 is 0 Å². The molecule has 1 heterocycles. The van der Waals surface area contributed by atoms with Crippen molar-refractivity contribution in [2.75, 3.05) is 52.5 Å². The highest BCUT2D eigenvalue weighted by atomic mass is 16.5. The van der Waals surface area contributed by atoms with Crippen LogP contribution >= 0.6 is 0 Å². The van der Waals surface area contributed by atoms with Crippen molar-refractivity contribution in [3.05, 3.63) is 0 Å². The summed E-state index contributed by atoms with van der Waals surface area (Å²) < 4.78 is 5.33. The maximum atomic E-state index is 5.33. The Hall–Kier alpha value is -0.810. The number of hydrogen-bond acceptors (Lipinski definition) is 3. The Balaban J connectivity index is 2.17. The lowest BCUT2D eigenvalue weighted by molar-refractivity contribution is 0.0389. The Morgan fingerprint density at radius 2 is 2.00 bits per heavy atom. The van der Waals surface area contributed by atoms with Gasteiger partial charge in [-0.25, -0.2) is 0 Å². The molecular formula is C13H28N4O. The molecule has 106 valence electrons. The van der Waals surface area contributed by atoms with Crippen molar-refractivity contribution in [1.29, 1.82) is 0 Å². The molecule has 0 unspecified atom stereocenters. The van der Waals surface area contributed by atoms with E-state index in [1.165, 1.54) is 6.42 Å². The van der Waals surface area contributed by atoms with E-state index in [1.54, 1.807) is 0 Å². The van der Waals surface area contributed by atoms with Gasteiger partial charge in [0.15, 0.2) is 5.96 Å². The van der Waals surface area contributed by atoms with Crippen LogP contribution in [0.25, 0.3) is 0 Å². The lowest BCUT2D eigenvalue weighted by atomic mass is 10.3. The van der Waals surface area contributed by atoms with Crippen molar-refractivity contribution in [2.24, 2.45) is 4.99 Å². The van der Waals surface area contributed by atoms with E-state index in [-0.39, 0.29) is 0 Å². The molecule has 0 aromatic rings. The highest BCUT2D eigenvalue weighted by Crippen LogP contribution is 1.94. The number of aliphatic imine (C=N–C) groups is 1. The van der Waals surface area contributed by atoms with Gasteiger partial charge in [0, 0.05) is 39.3 Å². The van der Waals surface area contributed by atoms with E-state index in [1.807, 2.05) is 0 Å². The molecule has 1 saturated heterocycles. The van der Waals surface area contributed by atoms with Gasteiger partial charge in [0.1, 0.15) is 0 Å². The fourth-order valence-electron chi connectivity index (χ4n) is 1.85. The Labute approximate surface area is 111 Å². The van der Waals surface area contributed by atoms with Gasteiger partial charge in [0.25, 0.3) is 0 Å². The van der Waals surface area contributed by atoms with Gasteiger partial charge in [-0.1, -0.05) is 13.3 Å². The zero-order valence-electron chi connectivity index (χ0n) is 11.9. The van der Waals surface area contributed by atoms with Crippen molar-refractivity contribution in [1.82, 2.24) is 15.5 Å². The fraction of sp³-hybridized carbons (Fsp3) is 0.923. The first-order valence-corrected chi connectivity index (χ1v) is 7.19. The van der Waals surface area contributed by atoms with Crippen molar-refractivity contribution in [2.45, 2.75) is 26.7 Å². The molecule has 1 fully saturated rings. The fourth-order valence-corrected chi connectivity index (χ4v) is 1.85. The van der Waals surface area contributed by atoms with Gasteiger partial charge in [-0.05, 0) is 13.3 Å². The SMILES string of the molecule is CCCCN=C(NCC)NCCN1CCOCC1. The predicted octanol–water partition coefficient (Wildman–Crippen LogP) is 0.674. The summed E-state index contributed by atoms with van der Waals surface area (Å²) in [7, 11) is 0. The van der Waals surface area contributed by atoms with Crippen molar-refractivity contribution >= 4 is 5.96 Å². The lowest BCUT2D eigenvalue weighted by Crippen LogP contribution is -2.44. The van der Waals surface area contributed by atoms with Crippen LogP contribution in [0.15, 0.2) is 4.99 Å². The van der Waals surface area contributed by atoms with E-state index in [0.29, 0.717) is 0 Å². The first-order valence-electron chi connectivity index (χ1n) is 7.19. The summed E-state index contributed by atoms with van der Waals surface area (Å²) in [5.41, 5.74) is 0. The van der Waals surface area contributed by atoms with Crippen LogP contribution in [0.3, 0.4) is 0 Å². The minimum atomic E-state index is 0.866. The number of ether oxygens (including phenoxy) is 1. The quantitative estimate of drug-likeness (QED) is 0.399. The third-order valence-electron chi connectivity index (χ3n) is 2.95. The van der Waals surface area contributed by atoms with Gasteiger partial charge in [-0.3, -0.25) is 9.89 Å². The predicted molar refractivity (Wildman–Crippen MR) is 76.1 cm³/mol. The van der Waals surface area contributed by atoms with Crippen LogP contribution in [0.1, 0.15) is 26.7 Å². The zero-order valence-corrected chi connectivity index (χ0v) is 11.9. The molecule has 0 spiro atoms. The van der Waals surface area contributed by atoms with Gasteiger partial charge in [-0.2, -0.15) is 0 Å². The molecule has 5 heteroatoms. The number of guanidine groups is 1. The summed E-state index contributed by atoms with van der Waals surface area (Å²) in [5.74, 6) is 0.944. The second-order valence-electron chi connectivity index (χ2n) is 4.50. The molecule has 0 aromatic heterocycles. The maximum Gasteiger partial charge on any atom is 0.191 e. The Bertz CT molecular complexity index is 227.